The Hall–Kier alpha value is -0.790. The molecule has 1 aromatic heterocycles. The highest BCUT2D eigenvalue weighted by Crippen LogP contribution is 1.96. The number of rotatable bonds is 0. The van der Waals surface area contributed by atoms with Gasteiger partial charge in [-0.25, -0.2) is 4.98 Å². The van der Waals surface area contributed by atoms with Gasteiger partial charge in [0, 0.05) is 6.92 Å². The smallest absolute Gasteiger partial charge is 0.199 e. The molecule has 4 radical (unpaired) electrons. The zero-order valence-electron chi connectivity index (χ0n) is 3.59. The Morgan fingerprint density at radius 1 is 1.57 bits per heavy atom. The highest BCUT2D eigenvalue weighted by atomic mass is 16.3. The van der Waals surface area contributed by atoms with Crippen LogP contribution in [0.4, 0.5) is 0 Å². The van der Waals surface area contributed by atoms with Crippen molar-refractivity contribution in [2.75, 3.05) is 0 Å². The summed E-state index contributed by atoms with van der Waals surface area (Å²) in [5.41, 5.74) is 0. The van der Waals surface area contributed by atoms with Gasteiger partial charge in [0.1, 0.15) is 5.76 Å². The first-order valence-electron chi connectivity index (χ1n) is 1.76. The zero-order chi connectivity index (χ0) is 5.28. The molecule has 7 heavy (non-hydrogen) atoms. The van der Waals surface area contributed by atoms with Crippen LogP contribution in [0.25, 0.3) is 0 Å². The van der Waals surface area contributed by atoms with E-state index in [2.05, 4.69) is 9.40 Å². The third-order valence-electron chi connectivity index (χ3n) is 0.541. The number of hydrogen-bond acceptors (Lipinski definition) is 2. The van der Waals surface area contributed by atoms with Crippen LogP contribution in [0.5, 0.6) is 0 Å². The molecule has 1 rings (SSSR count). The van der Waals surface area contributed by atoms with E-state index in [-0.39, 0.29) is 11.7 Å². The standard InChI is InChI=1S/C5H3NO/c1-4-3-6-5(2)7-4/h1-3H. The average Bonchev–Trinajstić information content (AvgIpc) is 1.87. The van der Waals surface area contributed by atoms with Gasteiger partial charge in [-0.05, 0) is 0 Å². The van der Waals surface area contributed by atoms with Gasteiger partial charge in [0.25, 0.3) is 0 Å². The van der Waals surface area contributed by atoms with E-state index in [1.807, 2.05) is 0 Å². The van der Waals surface area contributed by atoms with E-state index in [4.69, 9.17) is 13.8 Å². The van der Waals surface area contributed by atoms with Crippen molar-refractivity contribution in [1.29, 1.82) is 0 Å². The second-order valence-electron chi connectivity index (χ2n) is 1.10. The minimum Gasteiger partial charge on any atom is -0.445 e. The van der Waals surface area contributed by atoms with E-state index in [1.54, 1.807) is 0 Å². The van der Waals surface area contributed by atoms with Crippen LogP contribution in [0, 0.1) is 13.8 Å². The van der Waals surface area contributed by atoms with Crippen LogP contribution in [-0.2, 0) is 0 Å². The fourth-order valence-electron chi connectivity index (χ4n) is 0.301. The van der Waals surface area contributed by atoms with Gasteiger partial charge < -0.3 is 4.42 Å². The van der Waals surface area contributed by atoms with Crippen molar-refractivity contribution in [2.45, 2.75) is 0 Å². The minimum absolute atomic E-state index is 0.109. The van der Waals surface area contributed by atoms with Crippen LogP contribution >= 0.6 is 0 Å². The Labute approximate surface area is 42.2 Å². The molecule has 0 atom stereocenters. The predicted molar refractivity (Wildman–Crippen MR) is 23.3 cm³/mol. The summed E-state index contributed by atoms with van der Waals surface area (Å²) in [4.78, 5) is 3.50. The van der Waals surface area contributed by atoms with Crippen LogP contribution in [0.1, 0.15) is 11.7 Å². The molecule has 0 aromatic carbocycles. The van der Waals surface area contributed by atoms with Crippen LogP contribution in [0.3, 0.4) is 0 Å². The van der Waals surface area contributed by atoms with E-state index in [1.165, 1.54) is 6.20 Å². The molecule has 0 aliphatic heterocycles. The SMILES string of the molecule is [CH]c1cnc([CH])o1. The first-order valence-corrected chi connectivity index (χ1v) is 1.76. The largest absolute Gasteiger partial charge is 0.445 e. The van der Waals surface area contributed by atoms with Gasteiger partial charge in [-0.3, -0.25) is 0 Å². The molecule has 0 saturated carbocycles. The fourth-order valence-corrected chi connectivity index (χ4v) is 0.301. The van der Waals surface area contributed by atoms with Crippen LogP contribution < -0.4 is 0 Å². The third-order valence-corrected chi connectivity index (χ3v) is 0.541. The molecule has 1 heterocycles. The van der Waals surface area contributed by atoms with E-state index < -0.39 is 0 Å². The summed E-state index contributed by atoms with van der Waals surface area (Å²) in [5, 5.41) is 0. The molecule has 0 bridgehead atoms. The maximum atomic E-state index is 5.07. The molecule has 0 aliphatic rings. The lowest BCUT2D eigenvalue weighted by molar-refractivity contribution is 0.521. The Bertz CT molecular complexity index is 140. The van der Waals surface area contributed by atoms with E-state index in [9.17, 15) is 0 Å². The lowest BCUT2D eigenvalue weighted by Gasteiger charge is -1.72. The van der Waals surface area contributed by atoms with Crippen molar-refractivity contribution in [3.63, 3.8) is 0 Å². The van der Waals surface area contributed by atoms with Gasteiger partial charge in [-0.1, -0.05) is 0 Å². The van der Waals surface area contributed by atoms with Crippen molar-refractivity contribution in [2.24, 2.45) is 0 Å². The first-order chi connectivity index (χ1) is 3.29. The number of aromatic nitrogens is 1. The second kappa shape index (κ2) is 1.37. The molecule has 34 valence electrons. The summed E-state index contributed by atoms with van der Waals surface area (Å²) >= 11 is 0. The molecule has 2 heteroatoms. The number of hydrogen-bond donors (Lipinski definition) is 0. The highest BCUT2D eigenvalue weighted by Gasteiger charge is 1.88. The lowest BCUT2D eigenvalue weighted by atomic mass is 10.6. The number of oxazole rings is 1. The molecule has 0 amide bonds. The molecule has 0 aliphatic carbocycles. The van der Waals surface area contributed by atoms with Crippen molar-refractivity contribution < 1.29 is 4.42 Å². The van der Waals surface area contributed by atoms with Gasteiger partial charge in [0.15, 0.2) is 5.89 Å². The average molecular weight is 93.1 g/mol. The molecule has 0 fully saturated rings. The normalized spacial score (nSPS) is 9.43. The quantitative estimate of drug-likeness (QED) is 0.474. The van der Waals surface area contributed by atoms with Crippen LogP contribution in [0.2, 0.25) is 0 Å². The predicted octanol–water partition coefficient (Wildman–Crippen LogP) is 0.793. The summed E-state index contributed by atoms with van der Waals surface area (Å²) in [6, 6.07) is 0. The maximum Gasteiger partial charge on any atom is 0.199 e. The summed E-state index contributed by atoms with van der Waals surface area (Å²) in [7, 11) is 0. The molecule has 0 N–H and O–H groups in total. The van der Waals surface area contributed by atoms with Crippen molar-refractivity contribution >= 4 is 0 Å². The zero-order valence-corrected chi connectivity index (χ0v) is 3.59. The molecule has 0 saturated heterocycles. The molecular weight excluding hydrogens is 90.1 g/mol. The maximum absolute atomic E-state index is 5.07. The van der Waals surface area contributed by atoms with Crippen LogP contribution in [0.15, 0.2) is 10.6 Å². The topological polar surface area (TPSA) is 26.0 Å². The van der Waals surface area contributed by atoms with E-state index in [0.717, 1.165) is 0 Å². The highest BCUT2D eigenvalue weighted by molar-refractivity contribution is 4.97. The fraction of sp³-hybridized carbons (Fsp3) is 0. The Kier molecular flexibility index (Phi) is 0.855. The molecule has 1 aromatic rings. The molecule has 0 unspecified atom stereocenters. The molecule has 0 spiro atoms. The molecular formula is C5H3NO. The Morgan fingerprint density at radius 2 is 2.29 bits per heavy atom. The summed E-state index contributed by atoms with van der Waals surface area (Å²) < 4.78 is 4.53. The molecule has 2 nitrogen and oxygen atoms in total. The van der Waals surface area contributed by atoms with Gasteiger partial charge in [-0.15, -0.1) is 0 Å². The van der Waals surface area contributed by atoms with Crippen molar-refractivity contribution in [3.8, 4) is 0 Å². The van der Waals surface area contributed by atoms with Gasteiger partial charge >= 0.3 is 0 Å². The lowest BCUT2D eigenvalue weighted by Crippen LogP contribution is -1.59. The van der Waals surface area contributed by atoms with Gasteiger partial charge in [0.2, 0.25) is 0 Å². The van der Waals surface area contributed by atoms with Crippen molar-refractivity contribution in [3.05, 3.63) is 31.7 Å². The van der Waals surface area contributed by atoms with Crippen molar-refractivity contribution in [1.82, 2.24) is 4.98 Å². The van der Waals surface area contributed by atoms with Gasteiger partial charge in [0.05, 0.1) is 13.1 Å². The van der Waals surface area contributed by atoms with Crippen LogP contribution in [-0.4, -0.2) is 4.98 Å². The minimum atomic E-state index is 0.109. The van der Waals surface area contributed by atoms with Gasteiger partial charge in [-0.2, -0.15) is 0 Å². The second-order valence-corrected chi connectivity index (χ2v) is 1.10. The number of nitrogens with zero attached hydrogens (tertiary/aromatic N) is 1. The Morgan fingerprint density at radius 3 is 2.43 bits per heavy atom. The van der Waals surface area contributed by atoms with E-state index in [0.29, 0.717) is 0 Å². The third kappa shape index (κ3) is 0.796. The summed E-state index contributed by atoms with van der Waals surface area (Å²) in [6.07, 6.45) is 1.36. The monoisotopic (exact) mass is 93.0 g/mol. The summed E-state index contributed by atoms with van der Waals surface area (Å²) in [6.45, 7) is 10.1. The first kappa shape index (κ1) is 4.37. The van der Waals surface area contributed by atoms with E-state index >= 15 is 0 Å². The Balaban J connectivity index is 3.04. The summed E-state index contributed by atoms with van der Waals surface area (Å²) in [5.74, 6) is 0.356.